The van der Waals surface area contributed by atoms with Crippen molar-refractivity contribution >= 4 is 11.8 Å². The fourth-order valence-electron chi connectivity index (χ4n) is 2.57. The Hall–Kier alpha value is -2.86. The Morgan fingerprint density at radius 1 is 0.920 bits per heavy atom. The Balaban J connectivity index is 1.68. The molecule has 0 bridgehead atoms. The minimum Gasteiger partial charge on any atom is -0.338 e. The lowest BCUT2D eigenvalue weighted by Crippen LogP contribution is -1.82. The van der Waals surface area contributed by atoms with Crippen molar-refractivity contribution in [3.8, 4) is 22.5 Å². The van der Waals surface area contributed by atoms with Gasteiger partial charge in [-0.3, -0.25) is 0 Å². The van der Waals surface area contributed by atoms with Gasteiger partial charge in [0, 0.05) is 11.1 Å². The van der Waals surface area contributed by atoms with Crippen molar-refractivity contribution in [3.63, 3.8) is 0 Å². The highest BCUT2D eigenvalue weighted by Crippen LogP contribution is 2.33. The molecule has 0 aliphatic rings. The quantitative estimate of drug-likeness (QED) is 0.528. The second-order valence-electron chi connectivity index (χ2n) is 5.52. The number of imidazole rings is 1. The van der Waals surface area contributed by atoms with Gasteiger partial charge in [-0.25, -0.2) is 4.98 Å². The molecule has 4 aromatic rings. The van der Waals surface area contributed by atoms with Crippen LogP contribution in [0.2, 0.25) is 0 Å². The molecular weight excluding hydrogens is 332 g/mol. The van der Waals surface area contributed by atoms with Crippen LogP contribution in [-0.2, 0) is 5.75 Å². The van der Waals surface area contributed by atoms with Crippen molar-refractivity contribution in [1.82, 2.24) is 20.1 Å². The SMILES string of the molecule is Cc1noc(CSc2nc(-c3ccccc3)c(-c3ccccc3)[nH]2)n1. The summed E-state index contributed by atoms with van der Waals surface area (Å²) in [6, 6.07) is 20.4. The zero-order valence-corrected chi connectivity index (χ0v) is 14.5. The highest BCUT2D eigenvalue weighted by Gasteiger charge is 2.15. The van der Waals surface area contributed by atoms with Gasteiger partial charge in [0.25, 0.3) is 0 Å². The van der Waals surface area contributed by atoms with Gasteiger partial charge in [0.15, 0.2) is 11.0 Å². The molecule has 6 heteroatoms. The first kappa shape index (κ1) is 15.7. The molecule has 0 spiro atoms. The summed E-state index contributed by atoms with van der Waals surface area (Å²) in [5, 5.41) is 4.64. The van der Waals surface area contributed by atoms with Gasteiger partial charge < -0.3 is 9.51 Å². The second-order valence-corrected chi connectivity index (χ2v) is 6.49. The Labute approximate surface area is 149 Å². The van der Waals surface area contributed by atoms with E-state index in [0.29, 0.717) is 17.5 Å². The molecule has 2 heterocycles. The lowest BCUT2D eigenvalue weighted by atomic mass is 10.1. The number of hydrogen-bond acceptors (Lipinski definition) is 5. The molecule has 0 saturated heterocycles. The topological polar surface area (TPSA) is 67.6 Å². The van der Waals surface area contributed by atoms with E-state index in [2.05, 4.69) is 39.4 Å². The van der Waals surface area contributed by atoms with Gasteiger partial charge in [0.2, 0.25) is 5.89 Å². The van der Waals surface area contributed by atoms with Crippen molar-refractivity contribution in [3.05, 3.63) is 72.4 Å². The van der Waals surface area contributed by atoms with Gasteiger partial charge >= 0.3 is 0 Å². The lowest BCUT2D eigenvalue weighted by Gasteiger charge is -2.02. The van der Waals surface area contributed by atoms with Gasteiger partial charge in [-0.05, 0) is 6.92 Å². The predicted octanol–water partition coefficient (Wildman–Crippen LogP) is 4.73. The molecule has 5 nitrogen and oxygen atoms in total. The first-order valence-electron chi connectivity index (χ1n) is 7.92. The van der Waals surface area contributed by atoms with Gasteiger partial charge in [0.1, 0.15) is 0 Å². The van der Waals surface area contributed by atoms with Crippen LogP contribution in [0.4, 0.5) is 0 Å². The minimum absolute atomic E-state index is 0.580. The third kappa shape index (κ3) is 3.49. The summed E-state index contributed by atoms with van der Waals surface area (Å²) >= 11 is 1.55. The first-order valence-corrected chi connectivity index (χ1v) is 8.91. The maximum Gasteiger partial charge on any atom is 0.237 e. The van der Waals surface area contributed by atoms with Crippen LogP contribution in [0.5, 0.6) is 0 Å². The van der Waals surface area contributed by atoms with Gasteiger partial charge in [-0.15, -0.1) is 0 Å². The van der Waals surface area contributed by atoms with E-state index >= 15 is 0 Å². The van der Waals surface area contributed by atoms with E-state index in [0.717, 1.165) is 27.7 Å². The molecule has 0 aliphatic carbocycles. The number of aromatic amines is 1. The zero-order valence-electron chi connectivity index (χ0n) is 13.6. The van der Waals surface area contributed by atoms with Crippen LogP contribution in [0, 0.1) is 6.92 Å². The van der Waals surface area contributed by atoms with Crippen molar-refractivity contribution in [2.75, 3.05) is 0 Å². The normalized spacial score (nSPS) is 10.9. The second kappa shape index (κ2) is 6.94. The average molecular weight is 348 g/mol. The van der Waals surface area contributed by atoms with E-state index in [9.17, 15) is 0 Å². The molecule has 2 aromatic carbocycles. The van der Waals surface area contributed by atoms with Crippen LogP contribution in [0.3, 0.4) is 0 Å². The van der Waals surface area contributed by atoms with Crippen LogP contribution in [0.15, 0.2) is 70.3 Å². The molecule has 124 valence electrons. The fourth-order valence-corrected chi connectivity index (χ4v) is 3.27. The highest BCUT2D eigenvalue weighted by molar-refractivity contribution is 7.98. The summed E-state index contributed by atoms with van der Waals surface area (Å²) in [5.74, 6) is 1.82. The van der Waals surface area contributed by atoms with Crippen molar-refractivity contribution in [2.24, 2.45) is 0 Å². The van der Waals surface area contributed by atoms with E-state index in [1.807, 2.05) is 43.3 Å². The maximum absolute atomic E-state index is 5.17. The molecule has 0 atom stereocenters. The Morgan fingerprint density at radius 2 is 1.60 bits per heavy atom. The average Bonchev–Trinajstić information content (AvgIpc) is 3.28. The Morgan fingerprint density at radius 3 is 2.24 bits per heavy atom. The molecule has 0 aliphatic heterocycles. The molecule has 0 unspecified atom stereocenters. The molecule has 0 saturated carbocycles. The maximum atomic E-state index is 5.17. The summed E-state index contributed by atoms with van der Waals surface area (Å²) in [7, 11) is 0. The van der Waals surface area contributed by atoms with E-state index in [-0.39, 0.29) is 0 Å². The molecule has 4 rings (SSSR count). The molecule has 25 heavy (non-hydrogen) atoms. The van der Waals surface area contributed by atoms with E-state index in [1.165, 1.54) is 0 Å². The molecular formula is C19H16N4OS. The van der Waals surface area contributed by atoms with Crippen LogP contribution < -0.4 is 0 Å². The molecule has 0 fully saturated rings. The first-order chi connectivity index (χ1) is 12.3. The van der Waals surface area contributed by atoms with E-state index < -0.39 is 0 Å². The Kier molecular flexibility index (Phi) is 4.35. The monoisotopic (exact) mass is 348 g/mol. The van der Waals surface area contributed by atoms with Crippen LogP contribution in [0.25, 0.3) is 22.5 Å². The number of nitrogens with zero attached hydrogens (tertiary/aromatic N) is 3. The van der Waals surface area contributed by atoms with Gasteiger partial charge in [-0.1, -0.05) is 77.6 Å². The number of benzene rings is 2. The number of aryl methyl sites for hydroxylation is 1. The fraction of sp³-hybridized carbons (Fsp3) is 0.105. The van der Waals surface area contributed by atoms with Crippen LogP contribution >= 0.6 is 11.8 Å². The van der Waals surface area contributed by atoms with Crippen LogP contribution in [-0.4, -0.2) is 20.1 Å². The molecule has 0 radical (unpaired) electrons. The minimum atomic E-state index is 0.580. The molecule has 0 amide bonds. The number of H-pyrrole nitrogens is 1. The summed E-state index contributed by atoms with van der Waals surface area (Å²) in [6.07, 6.45) is 0. The van der Waals surface area contributed by atoms with Crippen LogP contribution in [0.1, 0.15) is 11.7 Å². The number of rotatable bonds is 5. The zero-order chi connectivity index (χ0) is 17.1. The smallest absolute Gasteiger partial charge is 0.237 e. The van der Waals surface area contributed by atoms with Gasteiger partial charge in [0.05, 0.1) is 17.1 Å². The van der Waals surface area contributed by atoms with E-state index in [1.54, 1.807) is 11.8 Å². The molecule has 1 N–H and O–H groups in total. The largest absolute Gasteiger partial charge is 0.338 e. The number of thioether (sulfide) groups is 1. The highest BCUT2D eigenvalue weighted by atomic mass is 32.2. The number of hydrogen-bond donors (Lipinski definition) is 1. The predicted molar refractivity (Wildman–Crippen MR) is 98.1 cm³/mol. The summed E-state index contributed by atoms with van der Waals surface area (Å²) in [4.78, 5) is 12.5. The third-order valence-corrected chi connectivity index (χ3v) is 4.55. The Bertz CT molecular complexity index is 907. The van der Waals surface area contributed by atoms with Crippen molar-refractivity contribution < 1.29 is 4.52 Å². The standard InChI is InChI=1S/C19H16N4OS/c1-13-20-16(24-23-13)12-25-19-21-17(14-8-4-2-5-9-14)18(22-19)15-10-6-3-7-11-15/h2-11H,12H2,1H3,(H,21,22). The summed E-state index contributed by atoms with van der Waals surface area (Å²) < 4.78 is 5.17. The summed E-state index contributed by atoms with van der Waals surface area (Å²) in [6.45, 7) is 1.81. The van der Waals surface area contributed by atoms with Crippen molar-refractivity contribution in [1.29, 1.82) is 0 Å². The van der Waals surface area contributed by atoms with Crippen molar-refractivity contribution in [2.45, 2.75) is 17.8 Å². The lowest BCUT2D eigenvalue weighted by molar-refractivity contribution is 0.387. The summed E-state index contributed by atoms with van der Waals surface area (Å²) in [5.41, 5.74) is 4.14. The third-order valence-electron chi connectivity index (χ3n) is 3.69. The number of aromatic nitrogens is 4. The van der Waals surface area contributed by atoms with Gasteiger partial charge in [-0.2, -0.15) is 4.98 Å². The van der Waals surface area contributed by atoms with E-state index in [4.69, 9.17) is 9.51 Å². The number of nitrogens with one attached hydrogen (secondary N) is 1. The molecule has 2 aromatic heterocycles.